The maximum Gasteiger partial charge on any atom is 0.229 e. The molecule has 0 radical (unpaired) electrons. The fourth-order valence-corrected chi connectivity index (χ4v) is 1.86. The second kappa shape index (κ2) is 4.33. The van der Waals surface area contributed by atoms with Crippen molar-refractivity contribution in [3.63, 3.8) is 0 Å². The highest BCUT2D eigenvalue weighted by Gasteiger charge is 2.02. The van der Waals surface area contributed by atoms with Gasteiger partial charge in [0.2, 0.25) is 10.9 Å². The van der Waals surface area contributed by atoms with Gasteiger partial charge in [-0.3, -0.25) is 0 Å². The fraction of sp³-hybridized carbons (Fsp3) is 0. The molecule has 2 aromatic rings. The SMILES string of the molecule is Oc1[nH]c(=S)sc1N=Nc1ccccc1. The van der Waals surface area contributed by atoms with Crippen molar-refractivity contribution < 1.29 is 5.11 Å². The molecule has 4 nitrogen and oxygen atoms in total. The van der Waals surface area contributed by atoms with Gasteiger partial charge in [0.15, 0.2) is 3.95 Å². The molecular formula is C9H7N3OS2. The van der Waals surface area contributed by atoms with Crippen LogP contribution in [0, 0.1) is 3.95 Å². The van der Waals surface area contributed by atoms with Gasteiger partial charge in [-0.1, -0.05) is 29.5 Å². The Labute approximate surface area is 94.9 Å². The molecule has 0 aliphatic rings. The zero-order valence-corrected chi connectivity index (χ0v) is 9.18. The first-order valence-electron chi connectivity index (χ1n) is 4.14. The standard InChI is InChI=1S/C9H7N3OS2/c13-7-8(15-9(14)10-7)12-11-6-4-2-1-3-5-6/h1-5,13H,(H,10,14). The van der Waals surface area contributed by atoms with E-state index in [9.17, 15) is 5.11 Å². The number of aromatic nitrogens is 1. The van der Waals surface area contributed by atoms with Crippen molar-refractivity contribution in [2.75, 3.05) is 0 Å². The molecule has 1 aromatic carbocycles. The van der Waals surface area contributed by atoms with E-state index in [1.807, 2.05) is 30.3 Å². The Balaban J connectivity index is 2.26. The summed E-state index contributed by atoms with van der Waals surface area (Å²) >= 11 is 6.04. The van der Waals surface area contributed by atoms with Crippen molar-refractivity contribution in [2.45, 2.75) is 0 Å². The molecule has 1 heterocycles. The van der Waals surface area contributed by atoms with E-state index in [1.54, 1.807) is 0 Å². The van der Waals surface area contributed by atoms with Gasteiger partial charge in [-0.05, 0) is 24.4 Å². The molecule has 0 saturated carbocycles. The number of thiazole rings is 1. The van der Waals surface area contributed by atoms with Gasteiger partial charge in [0.25, 0.3) is 0 Å². The van der Waals surface area contributed by atoms with Crippen molar-refractivity contribution in [3.05, 3.63) is 34.3 Å². The molecule has 0 amide bonds. The van der Waals surface area contributed by atoms with Gasteiger partial charge in [0, 0.05) is 0 Å². The average Bonchev–Trinajstić information content (AvgIpc) is 2.56. The molecule has 0 spiro atoms. The molecule has 2 rings (SSSR count). The average molecular weight is 237 g/mol. The zero-order chi connectivity index (χ0) is 10.7. The van der Waals surface area contributed by atoms with Crippen LogP contribution in [-0.4, -0.2) is 10.1 Å². The van der Waals surface area contributed by atoms with Gasteiger partial charge in [0.1, 0.15) is 0 Å². The third-order valence-electron chi connectivity index (χ3n) is 1.62. The first-order valence-corrected chi connectivity index (χ1v) is 5.37. The Morgan fingerprint density at radius 2 is 1.93 bits per heavy atom. The van der Waals surface area contributed by atoms with E-state index in [0.717, 1.165) is 5.69 Å². The third-order valence-corrected chi connectivity index (χ3v) is 2.73. The number of H-pyrrole nitrogens is 1. The Kier molecular flexibility index (Phi) is 2.89. The van der Waals surface area contributed by atoms with Gasteiger partial charge in [-0.2, -0.15) is 0 Å². The smallest absolute Gasteiger partial charge is 0.229 e. The van der Waals surface area contributed by atoms with E-state index in [4.69, 9.17) is 12.2 Å². The van der Waals surface area contributed by atoms with Crippen LogP contribution in [0.2, 0.25) is 0 Å². The summed E-state index contributed by atoms with van der Waals surface area (Å²) in [7, 11) is 0. The fourth-order valence-electron chi connectivity index (χ4n) is 0.977. The first kappa shape index (κ1) is 10.0. The maximum atomic E-state index is 9.34. The predicted molar refractivity (Wildman–Crippen MR) is 61.8 cm³/mol. The van der Waals surface area contributed by atoms with Gasteiger partial charge in [0.05, 0.1) is 5.69 Å². The van der Waals surface area contributed by atoms with Gasteiger partial charge in [-0.25, -0.2) is 0 Å². The zero-order valence-electron chi connectivity index (χ0n) is 7.54. The third kappa shape index (κ3) is 2.48. The summed E-state index contributed by atoms with van der Waals surface area (Å²) in [5, 5.41) is 17.6. The lowest BCUT2D eigenvalue weighted by atomic mass is 10.3. The van der Waals surface area contributed by atoms with Crippen LogP contribution in [0.5, 0.6) is 5.88 Å². The molecule has 6 heteroatoms. The minimum Gasteiger partial charge on any atom is -0.492 e. The molecule has 1 aromatic heterocycles. The van der Waals surface area contributed by atoms with Crippen molar-refractivity contribution in [1.82, 2.24) is 4.98 Å². The summed E-state index contributed by atoms with van der Waals surface area (Å²) in [6, 6.07) is 9.29. The molecular weight excluding hydrogens is 230 g/mol. The number of nitrogens with zero attached hydrogens (tertiary/aromatic N) is 2. The number of nitrogens with one attached hydrogen (secondary N) is 1. The van der Waals surface area contributed by atoms with Crippen molar-refractivity contribution in [1.29, 1.82) is 0 Å². The van der Waals surface area contributed by atoms with Gasteiger partial charge >= 0.3 is 0 Å². The minimum atomic E-state index is -0.0373. The molecule has 0 fully saturated rings. The summed E-state index contributed by atoms with van der Waals surface area (Å²) in [4.78, 5) is 2.58. The summed E-state index contributed by atoms with van der Waals surface area (Å²) in [6.07, 6.45) is 0. The molecule has 15 heavy (non-hydrogen) atoms. The second-order valence-corrected chi connectivity index (χ2v) is 4.37. The molecule has 0 saturated heterocycles. The quantitative estimate of drug-likeness (QED) is 0.614. The largest absolute Gasteiger partial charge is 0.492 e. The Morgan fingerprint density at radius 1 is 1.20 bits per heavy atom. The van der Waals surface area contributed by atoms with Crippen LogP contribution >= 0.6 is 23.6 Å². The van der Waals surface area contributed by atoms with Crippen molar-refractivity contribution in [2.24, 2.45) is 10.2 Å². The van der Waals surface area contributed by atoms with Crippen LogP contribution in [0.15, 0.2) is 40.6 Å². The van der Waals surface area contributed by atoms with E-state index >= 15 is 0 Å². The lowest BCUT2D eigenvalue weighted by molar-refractivity contribution is 0.458. The lowest BCUT2D eigenvalue weighted by Gasteiger charge is -1.89. The van der Waals surface area contributed by atoms with Crippen LogP contribution in [0.25, 0.3) is 0 Å². The van der Waals surface area contributed by atoms with Crippen LogP contribution in [0.3, 0.4) is 0 Å². The van der Waals surface area contributed by atoms with Gasteiger partial charge in [-0.15, -0.1) is 10.2 Å². The highest BCUT2D eigenvalue weighted by Crippen LogP contribution is 2.32. The molecule has 0 aliphatic carbocycles. The first-order chi connectivity index (χ1) is 7.25. The Bertz CT molecular complexity index is 530. The summed E-state index contributed by atoms with van der Waals surface area (Å²) < 4.78 is 0.481. The van der Waals surface area contributed by atoms with Crippen molar-refractivity contribution in [3.8, 4) is 5.88 Å². The Hall–Kier alpha value is -1.53. The highest BCUT2D eigenvalue weighted by molar-refractivity contribution is 7.73. The van der Waals surface area contributed by atoms with Crippen LogP contribution in [0.1, 0.15) is 0 Å². The highest BCUT2D eigenvalue weighted by atomic mass is 32.1. The summed E-state index contributed by atoms with van der Waals surface area (Å²) in [5.41, 5.74) is 0.733. The number of aromatic amines is 1. The Morgan fingerprint density at radius 3 is 2.53 bits per heavy atom. The van der Waals surface area contributed by atoms with E-state index < -0.39 is 0 Å². The second-order valence-electron chi connectivity index (χ2n) is 2.70. The molecule has 0 unspecified atom stereocenters. The van der Waals surface area contributed by atoms with Crippen molar-refractivity contribution >= 4 is 34.2 Å². The van der Waals surface area contributed by atoms with Crippen LogP contribution in [-0.2, 0) is 0 Å². The number of hydrogen-bond donors (Lipinski definition) is 2. The summed E-state index contributed by atoms with van der Waals surface area (Å²) in [6.45, 7) is 0. The normalized spacial score (nSPS) is 10.9. The van der Waals surface area contributed by atoms with Gasteiger partial charge < -0.3 is 10.1 Å². The number of hydrogen-bond acceptors (Lipinski definition) is 5. The van der Waals surface area contributed by atoms with Crippen LogP contribution < -0.4 is 0 Å². The molecule has 2 N–H and O–H groups in total. The molecule has 0 atom stereocenters. The number of benzene rings is 1. The topological polar surface area (TPSA) is 60.7 Å². The molecule has 76 valence electrons. The molecule has 0 aliphatic heterocycles. The lowest BCUT2D eigenvalue weighted by Crippen LogP contribution is -1.61. The summed E-state index contributed by atoms with van der Waals surface area (Å²) in [5.74, 6) is -0.0373. The number of azo groups is 1. The van der Waals surface area contributed by atoms with E-state index in [2.05, 4.69) is 15.2 Å². The van der Waals surface area contributed by atoms with E-state index in [1.165, 1.54) is 11.3 Å². The van der Waals surface area contributed by atoms with E-state index in [-0.39, 0.29) is 5.88 Å². The van der Waals surface area contributed by atoms with Crippen LogP contribution in [0.4, 0.5) is 10.7 Å². The maximum absolute atomic E-state index is 9.34. The predicted octanol–water partition coefficient (Wildman–Crippen LogP) is 3.93. The minimum absolute atomic E-state index is 0.0373. The number of aromatic hydroxyl groups is 1. The number of rotatable bonds is 2. The monoisotopic (exact) mass is 237 g/mol. The van der Waals surface area contributed by atoms with E-state index in [0.29, 0.717) is 8.96 Å². The molecule has 0 bridgehead atoms.